The van der Waals surface area contributed by atoms with Crippen molar-refractivity contribution in [1.82, 2.24) is 10.6 Å². The van der Waals surface area contributed by atoms with Crippen LogP contribution >= 0.6 is 0 Å². The van der Waals surface area contributed by atoms with Gasteiger partial charge in [0.25, 0.3) is 0 Å². The first-order chi connectivity index (χ1) is 17.0. The van der Waals surface area contributed by atoms with Gasteiger partial charge in [-0.25, -0.2) is 4.79 Å². The number of aliphatic carboxylic acids is 1. The Labute approximate surface area is 205 Å². The molecule has 3 N–H and O–H groups in total. The van der Waals surface area contributed by atoms with E-state index in [2.05, 4.69) is 34.9 Å². The lowest BCUT2D eigenvalue weighted by atomic mass is 9.79. The summed E-state index contributed by atoms with van der Waals surface area (Å²) in [4.78, 5) is 36.3. The average Bonchev–Trinajstić information content (AvgIpc) is 3.14. The second-order valence-corrected chi connectivity index (χ2v) is 10.1. The molecule has 2 atom stereocenters. The third-order valence-electron chi connectivity index (χ3n) is 7.86. The molecular weight excluding hydrogens is 444 g/mol. The smallest absolute Gasteiger partial charge is 0.407 e. The predicted octanol–water partition coefficient (Wildman–Crippen LogP) is 4.45. The molecule has 0 bridgehead atoms. The molecule has 2 aromatic carbocycles. The Hall–Kier alpha value is -3.35. The number of carboxylic acid groups (broad SMARTS) is 1. The Morgan fingerprint density at radius 3 is 2.17 bits per heavy atom. The number of carboxylic acids is 1. The van der Waals surface area contributed by atoms with Crippen LogP contribution in [0.15, 0.2) is 48.5 Å². The van der Waals surface area contributed by atoms with Crippen LogP contribution in [0.25, 0.3) is 11.1 Å². The molecule has 0 saturated heterocycles. The van der Waals surface area contributed by atoms with Gasteiger partial charge in [-0.05, 0) is 53.9 Å². The van der Waals surface area contributed by atoms with Crippen LogP contribution in [0.4, 0.5) is 4.79 Å². The number of nitrogens with one attached hydrogen (secondary N) is 2. The average molecular weight is 477 g/mol. The van der Waals surface area contributed by atoms with Gasteiger partial charge in [0.1, 0.15) is 6.61 Å². The monoisotopic (exact) mass is 476 g/mol. The van der Waals surface area contributed by atoms with Gasteiger partial charge in [-0.15, -0.1) is 0 Å². The van der Waals surface area contributed by atoms with Crippen LogP contribution in [0, 0.1) is 11.8 Å². The molecule has 2 fully saturated rings. The minimum absolute atomic E-state index is 0.0122. The largest absolute Gasteiger partial charge is 0.481 e. The molecule has 0 heterocycles. The summed E-state index contributed by atoms with van der Waals surface area (Å²) in [5.74, 6) is -1.14. The zero-order valence-corrected chi connectivity index (χ0v) is 19.7. The molecule has 0 spiro atoms. The number of hydrogen-bond acceptors (Lipinski definition) is 4. The highest BCUT2D eigenvalue weighted by Gasteiger charge is 2.36. The van der Waals surface area contributed by atoms with Crippen molar-refractivity contribution in [2.45, 2.75) is 62.9 Å². The quantitative estimate of drug-likeness (QED) is 0.548. The van der Waals surface area contributed by atoms with E-state index in [1.165, 1.54) is 22.3 Å². The lowest BCUT2D eigenvalue weighted by molar-refractivity contribution is -0.146. The Morgan fingerprint density at radius 1 is 0.886 bits per heavy atom. The van der Waals surface area contributed by atoms with Crippen LogP contribution in [0.1, 0.15) is 62.0 Å². The van der Waals surface area contributed by atoms with E-state index in [0.717, 1.165) is 25.7 Å². The minimum atomic E-state index is -0.796. The molecule has 2 amide bonds. The van der Waals surface area contributed by atoms with Crippen LogP contribution in [-0.4, -0.2) is 41.8 Å². The maximum atomic E-state index is 12.8. The molecule has 3 aliphatic carbocycles. The zero-order valence-electron chi connectivity index (χ0n) is 19.7. The number of rotatable bonds is 7. The second-order valence-electron chi connectivity index (χ2n) is 10.1. The fraction of sp³-hybridized carbons (Fsp3) is 0.464. The molecule has 184 valence electrons. The number of ether oxygens (including phenoxy) is 1. The third-order valence-corrected chi connectivity index (χ3v) is 7.86. The molecule has 2 aromatic rings. The van der Waals surface area contributed by atoms with Gasteiger partial charge in [0.05, 0.1) is 5.92 Å². The highest BCUT2D eigenvalue weighted by molar-refractivity contribution is 5.79. The van der Waals surface area contributed by atoms with E-state index >= 15 is 0 Å². The standard InChI is InChI=1S/C28H32N2O5/c31-26(29-19-13-18(14-19)27(32)33)15-17-7-1-6-12-25(17)30-28(34)35-16-24-22-10-4-2-8-20(22)21-9-3-5-11-23(21)24/h2-5,8-11,17-19,24-25H,1,6-7,12-16H2,(H,29,31)(H,30,34)(H,32,33)/t17-,18?,19?,25-/m1/s1. The normalized spacial score (nSPS) is 25.0. The van der Waals surface area contributed by atoms with E-state index in [-0.39, 0.29) is 42.4 Å². The van der Waals surface area contributed by atoms with Crippen molar-refractivity contribution in [3.05, 3.63) is 59.7 Å². The van der Waals surface area contributed by atoms with Gasteiger partial charge in [0, 0.05) is 24.4 Å². The number of amides is 2. The number of fused-ring (bicyclic) bond motifs is 3. The van der Waals surface area contributed by atoms with Gasteiger partial charge in [0.15, 0.2) is 0 Å². The van der Waals surface area contributed by atoms with Gasteiger partial charge >= 0.3 is 12.1 Å². The van der Waals surface area contributed by atoms with Crippen LogP contribution in [-0.2, 0) is 14.3 Å². The highest BCUT2D eigenvalue weighted by Crippen LogP contribution is 2.44. The molecule has 0 aliphatic heterocycles. The fourth-order valence-corrected chi connectivity index (χ4v) is 5.90. The summed E-state index contributed by atoms with van der Waals surface area (Å²) in [5, 5.41) is 15.0. The Kier molecular flexibility index (Phi) is 6.75. The third kappa shape index (κ3) is 5.04. The van der Waals surface area contributed by atoms with E-state index in [9.17, 15) is 14.4 Å². The molecule has 5 rings (SSSR count). The maximum absolute atomic E-state index is 12.8. The molecule has 7 heteroatoms. The fourth-order valence-electron chi connectivity index (χ4n) is 5.90. The van der Waals surface area contributed by atoms with Gasteiger partial charge in [-0.1, -0.05) is 61.4 Å². The van der Waals surface area contributed by atoms with E-state index in [4.69, 9.17) is 9.84 Å². The van der Waals surface area contributed by atoms with Crippen LogP contribution < -0.4 is 10.6 Å². The first-order valence-corrected chi connectivity index (χ1v) is 12.6. The lowest BCUT2D eigenvalue weighted by Crippen LogP contribution is -2.49. The Bertz CT molecular complexity index is 1060. The first-order valence-electron chi connectivity index (χ1n) is 12.6. The summed E-state index contributed by atoms with van der Waals surface area (Å²) in [6.45, 7) is 0.268. The second kappa shape index (κ2) is 10.1. The van der Waals surface area contributed by atoms with Crippen LogP contribution in [0.2, 0.25) is 0 Å². The van der Waals surface area contributed by atoms with Crippen molar-refractivity contribution < 1.29 is 24.2 Å². The maximum Gasteiger partial charge on any atom is 0.407 e. The van der Waals surface area contributed by atoms with Crippen LogP contribution in [0.5, 0.6) is 0 Å². The molecule has 35 heavy (non-hydrogen) atoms. The number of hydrogen-bond donors (Lipinski definition) is 3. The Morgan fingerprint density at radius 2 is 1.51 bits per heavy atom. The molecule has 7 nitrogen and oxygen atoms in total. The molecule has 0 unspecified atom stereocenters. The predicted molar refractivity (Wildman–Crippen MR) is 131 cm³/mol. The van der Waals surface area contributed by atoms with Crippen LogP contribution in [0.3, 0.4) is 0 Å². The van der Waals surface area contributed by atoms with Crippen molar-refractivity contribution in [2.75, 3.05) is 6.61 Å². The van der Waals surface area contributed by atoms with E-state index in [0.29, 0.717) is 19.3 Å². The molecule has 2 saturated carbocycles. The van der Waals surface area contributed by atoms with Gasteiger partial charge in [0.2, 0.25) is 5.91 Å². The number of carbonyl (C=O) groups is 3. The van der Waals surface area contributed by atoms with Crippen molar-refractivity contribution in [3.8, 4) is 11.1 Å². The zero-order chi connectivity index (χ0) is 24.4. The van der Waals surface area contributed by atoms with E-state index in [1.807, 2.05) is 24.3 Å². The summed E-state index contributed by atoms with van der Waals surface area (Å²) in [5.41, 5.74) is 4.73. The summed E-state index contributed by atoms with van der Waals surface area (Å²) >= 11 is 0. The van der Waals surface area contributed by atoms with Gasteiger partial charge in [-0.3, -0.25) is 9.59 Å². The number of carbonyl (C=O) groups excluding carboxylic acids is 2. The summed E-state index contributed by atoms with van der Waals surface area (Å²) in [6, 6.07) is 16.3. The highest BCUT2D eigenvalue weighted by atomic mass is 16.5. The summed E-state index contributed by atoms with van der Waals surface area (Å²) < 4.78 is 5.71. The minimum Gasteiger partial charge on any atom is -0.481 e. The van der Waals surface area contributed by atoms with Crippen molar-refractivity contribution >= 4 is 18.0 Å². The van der Waals surface area contributed by atoms with Gasteiger partial charge in [-0.2, -0.15) is 0 Å². The Balaban J connectivity index is 1.14. The van der Waals surface area contributed by atoms with Gasteiger partial charge < -0.3 is 20.5 Å². The SMILES string of the molecule is O=C(C[C@H]1CCCC[C@H]1NC(=O)OCC1c2ccccc2-c2ccccc21)NC1CC(C(=O)O)C1. The van der Waals surface area contributed by atoms with E-state index < -0.39 is 12.1 Å². The lowest BCUT2D eigenvalue weighted by Gasteiger charge is -2.35. The van der Waals surface area contributed by atoms with Crippen molar-refractivity contribution in [1.29, 1.82) is 0 Å². The van der Waals surface area contributed by atoms with Crippen molar-refractivity contribution in [2.24, 2.45) is 11.8 Å². The van der Waals surface area contributed by atoms with Crippen molar-refractivity contribution in [3.63, 3.8) is 0 Å². The molecule has 3 aliphatic rings. The topological polar surface area (TPSA) is 105 Å². The summed E-state index contributed by atoms with van der Waals surface area (Å²) in [6.07, 6.45) is 4.63. The number of alkyl carbamates (subject to hydrolysis) is 1. The molecular formula is C28H32N2O5. The first kappa shape index (κ1) is 23.4. The van der Waals surface area contributed by atoms with E-state index in [1.54, 1.807) is 0 Å². The summed E-state index contributed by atoms with van der Waals surface area (Å²) in [7, 11) is 0. The number of benzene rings is 2. The molecule has 0 aromatic heterocycles. The molecule has 0 radical (unpaired) electrons.